The Labute approximate surface area is 101 Å². The van der Waals surface area contributed by atoms with E-state index in [-0.39, 0.29) is 6.09 Å². The largest absolute Gasteiger partial charge is 0.439 e. The number of hydrogen-bond donors (Lipinski definition) is 1. The first-order chi connectivity index (χ1) is 7.97. The number of carbonyl (C=O) groups is 1. The van der Waals surface area contributed by atoms with Crippen LogP contribution in [0.4, 0.5) is 4.79 Å². The standard InChI is InChI=1S/C13H16N2O2/c1-12(2)13(3)10-7-5-4-6-9(10)8-14-15(13)11(16)17-12/h4-7,14H,8H2,1-3H3/t13-/m1/s1. The van der Waals surface area contributed by atoms with E-state index in [0.29, 0.717) is 6.54 Å². The van der Waals surface area contributed by atoms with Gasteiger partial charge in [0.1, 0.15) is 11.1 Å². The second-order valence-corrected chi connectivity index (χ2v) is 5.28. The van der Waals surface area contributed by atoms with Crippen LogP contribution in [0.5, 0.6) is 0 Å². The van der Waals surface area contributed by atoms with Gasteiger partial charge in [-0.2, -0.15) is 0 Å². The molecule has 17 heavy (non-hydrogen) atoms. The second-order valence-electron chi connectivity index (χ2n) is 5.28. The monoisotopic (exact) mass is 232 g/mol. The van der Waals surface area contributed by atoms with E-state index in [1.54, 1.807) is 5.01 Å². The van der Waals surface area contributed by atoms with Gasteiger partial charge in [0, 0.05) is 6.54 Å². The lowest BCUT2D eigenvalue weighted by Crippen LogP contribution is -2.59. The molecule has 90 valence electrons. The predicted octanol–water partition coefficient (Wildman–Crippen LogP) is 2.15. The molecule has 0 radical (unpaired) electrons. The molecule has 1 aromatic rings. The maximum Gasteiger partial charge on any atom is 0.425 e. The third kappa shape index (κ3) is 1.13. The molecule has 0 aromatic heterocycles. The van der Waals surface area contributed by atoms with E-state index in [1.807, 2.05) is 32.9 Å². The number of fused-ring (bicyclic) bond motifs is 3. The first kappa shape index (κ1) is 10.6. The van der Waals surface area contributed by atoms with E-state index in [0.717, 1.165) is 5.56 Å². The van der Waals surface area contributed by atoms with Crippen LogP contribution in [0.3, 0.4) is 0 Å². The number of benzene rings is 1. The van der Waals surface area contributed by atoms with E-state index < -0.39 is 11.1 Å². The molecule has 0 aliphatic carbocycles. The van der Waals surface area contributed by atoms with Crippen molar-refractivity contribution in [2.45, 2.75) is 38.5 Å². The number of carbonyl (C=O) groups excluding carboxylic acids is 1. The van der Waals surface area contributed by atoms with Crippen molar-refractivity contribution >= 4 is 6.09 Å². The van der Waals surface area contributed by atoms with Crippen LogP contribution < -0.4 is 5.43 Å². The number of hydrazine groups is 1. The zero-order valence-electron chi connectivity index (χ0n) is 10.3. The summed E-state index contributed by atoms with van der Waals surface area (Å²) in [7, 11) is 0. The number of nitrogens with one attached hydrogen (secondary N) is 1. The van der Waals surface area contributed by atoms with Gasteiger partial charge in [-0.15, -0.1) is 0 Å². The average molecular weight is 232 g/mol. The fourth-order valence-electron chi connectivity index (χ4n) is 2.80. The molecule has 2 aliphatic heterocycles. The van der Waals surface area contributed by atoms with Crippen LogP contribution in [-0.2, 0) is 16.8 Å². The Balaban J connectivity index is 2.25. The Morgan fingerprint density at radius 2 is 2.00 bits per heavy atom. The molecule has 1 saturated heterocycles. The Hall–Kier alpha value is -1.55. The van der Waals surface area contributed by atoms with Gasteiger partial charge in [0.25, 0.3) is 0 Å². The highest BCUT2D eigenvalue weighted by Crippen LogP contribution is 2.48. The second kappa shape index (κ2) is 3.01. The van der Waals surface area contributed by atoms with Crippen LogP contribution in [0.25, 0.3) is 0 Å². The highest BCUT2D eigenvalue weighted by atomic mass is 16.6. The molecule has 3 rings (SSSR count). The van der Waals surface area contributed by atoms with Gasteiger partial charge in [-0.25, -0.2) is 15.2 Å². The molecular weight excluding hydrogens is 216 g/mol. The molecule has 1 N–H and O–H groups in total. The van der Waals surface area contributed by atoms with Crippen molar-refractivity contribution in [1.82, 2.24) is 10.4 Å². The third-order valence-electron chi connectivity index (χ3n) is 4.11. The van der Waals surface area contributed by atoms with E-state index in [4.69, 9.17) is 4.74 Å². The van der Waals surface area contributed by atoms with Crippen molar-refractivity contribution in [1.29, 1.82) is 0 Å². The smallest absolute Gasteiger partial charge is 0.425 e. The first-order valence-electron chi connectivity index (χ1n) is 5.82. The highest BCUT2D eigenvalue weighted by Gasteiger charge is 2.60. The van der Waals surface area contributed by atoms with E-state index in [9.17, 15) is 4.79 Å². The molecule has 0 unspecified atom stereocenters. The quantitative estimate of drug-likeness (QED) is 0.745. The summed E-state index contributed by atoms with van der Waals surface area (Å²) in [5.41, 5.74) is 4.52. The molecule has 2 aliphatic rings. The van der Waals surface area contributed by atoms with Gasteiger partial charge in [-0.1, -0.05) is 24.3 Å². The van der Waals surface area contributed by atoms with Crippen molar-refractivity contribution < 1.29 is 9.53 Å². The van der Waals surface area contributed by atoms with Crippen molar-refractivity contribution in [2.75, 3.05) is 0 Å². The SMILES string of the molecule is CC1(C)OC(=O)N2NCc3ccccc3[C@@]21C. The molecule has 2 heterocycles. The summed E-state index contributed by atoms with van der Waals surface area (Å²) >= 11 is 0. The topological polar surface area (TPSA) is 41.6 Å². The number of hydrogen-bond acceptors (Lipinski definition) is 3. The lowest BCUT2D eigenvalue weighted by molar-refractivity contribution is 0.00527. The van der Waals surface area contributed by atoms with Gasteiger partial charge in [-0.05, 0) is 31.9 Å². The molecule has 4 heteroatoms. The van der Waals surface area contributed by atoms with Gasteiger partial charge in [0.2, 0.25) is 0 Å². The fourth-order valence-corrected chi connectivity index (χ4v) is 2.80. The van der Waals surface area contributed by atoms with Crippen molar-refractivity contribution in [2.24, 2.45) is 0 Å². The molecule has 1 amide bonds. The van der Waals surface area contributed by atoms with Crippen LogP contribution in [-0.4, -0.2) is 16.7 Å². The summed E-state index contributed by atoms with van der Waals surface area (Å²) in [5.74, 6) is 0. The number of nitrogens with zero attached hydrogens (tertiary/aromatic N) is 1. The lowest BCUT2D eigenvalue weighted by atomic mass is 9.75. The van der Waals surface area contributed by atoms with E-state index in [2.05, 4.69) is 17.6 Å². The zero-order valence-corrected chi connectivity index (χ0v) is 10.3. The van der Waals surface area contributed by atoms with Gasteiger partial charge in [0.05, 0.1) is 0 Å². The van der Waals surface area contributed by atoms with Crippen molar-refractivity contribution in [3.8, 4) is 0 Å². The normalized spacial score (nSPS) is 29.6. The van der Waals surface area contributed by atoms with Gasteiger partial charge in [-0.3, -0.25) is 0 Å². The van der Waals surface area contributed by atoms with E-state index in [1.165, 1.54) is 5.56 Å². The van der Waals surface area contributed by atoms with Crippen molar-refractivity contribution in [3.05, 3.63) is 35.4 Å². The minimum absolute atomic E-state index is 0.299. The van der Waals surface area contributed by atoms with E-state index >= 15 is 0 Å². The number of amides is 1. The molecule has 1 aromatic carbocycles. The minimum Gasteiger partial charge on any atom is -0.439 e. The van der Waals surface area contributed by atoms with Gasteiger partial charge in [0.15, 0.2) is 0 Å². The van der Waals surface area contributed by atoms with Crippen LogP contribution in [0.2, 0.25) is 0 Å². The van der Waals surface area contributed by atoms with Gasteiger partial charge >= 0.3 is 6.09 Å². The Bertz CT molecular complexity index is 498. The van der Waals surface area contributed by atoms with Crippen LogP contribution in [0.15, 0.2) is 24.3 Å². The Morgan fingerprint density at radius 1 is 1.29 bits per heavy atom. The van der Waals surface area contributed by atoms with Gasteiger partial charge < -0.3 is 4.74 Å². The molecular formula is C13H16N2O2. The highest BCUT2D eigenvalue weighted by molar-refractivity contribution is 5.73. The van der Waals surface area contributed by atoms with Crippen LogP contribution >= 0.6 is 0 Å². The summed E-state index contributed by atoms with van der Waals surface area (Å²) in [4.78, 5) is 11.9. The van der Waals surface area contributed by atoms with Crippen molar-refractivity contribution in [3.63, 3.8) is 0 Å². The average Bonchev–Trinajstić information content (AvgIpc) is 2.46. The molecule has 1 atom stereocenters. The molecule has 4 nitrogen and oxygen atoms in total. The molecule has 0 bridgehead atoms. The first-order valence-corrected chi connectivity index (χ1v) is 5.82. The van der Waals surface area contributed by atoms with Crippen LogP contribution in [0.1, 0.15) is 31.9 Å². The third-order valence-corrected chi connectivity index (χ3v) is 4.11. The molecule has 0 spiro atoms. The number of cyclic esters (lactones) is 1. The lowest BCUT2D eigenvalue weighted by Gasteiger charge is -2.44. The fraction of sp³-hybridized carbons (Fsp3) is 0.462. The summed E-state index contributed by atoms with van der Waals surface area (Å²) in [5, 5.41) is 1.62. The van der Waals surface area contributed by atoms with Crippen LogP contribution in [0, 0.1) is 0 Å². The molecule has 1 fully saturated rings. The number of ether oxygens (including phenoxy) is 1. The summed E-state index contributed by atoms with van der Waals surface area (Å²) in [6.07, 6.45) is -0.299. The molecule has 0 saturated carbocycles. The zero-order chi connectivity index (χ0) is 12.3. The predicted molar refractivity (Wildman–Crippen MR) is 63.0 cm³/mol. The number of rotatable bonds is 0. The summed E-state index contributed by atoms with van der Waals surface area (Å²) in [6.45, 7) is 6.61. The summed E-state index contributed by atoms with van der Waals surface area (Å²) < 4.78 is 5.48. The maximum absolute atomic E-state index is 11.9. The Morgan fingerprint density at radius 3 is 2.76 bits per heavy atom. The minimum atomic E-state index is -0.548. The summed E-state index contributed by atoms with van der Waals surface area (Å²) in [6, 6.07) is 8.19. The maximum atomic E-state index is 11.9. The Kier molecular flexibility index (Phi) is 1.88.